The van der Waals surface area contributed by atoms with Crippen LogP contribution in [-0.4, -0.2) is 14.6 Å². The monoisotopic (exact) mass is 164 g/mol. The molecule has 0 unspecified atom stereocenters. The van der Waals surface area contributed by atoms with Crippen molar-refractivity contribution >= 4 is 9.76 Å². The standard InChI is InChI=1S/C9H12OSi/c1-7-3-4-9(6-11-10)8(2)5-7/h3-5,10H,6H2,1-2H3. The van der Waals surface area contributed by atoms with Gasteiger partial charge in [-0.2, -0.15) is 0 Å². The van der Waals surface area contributed by atoms with E-state index in [2.05, 4.69) is 32.0 Å². The Labute approximate surface area is 70.0 Å². The molecule has 1 aromatic carbocycles. The fourth-order valence-corrected chi connectivity index (χ4v) is 1.70. The molecule has 2 heteroatoms. The van der Waals surface area contributed by atoms with Gasteiger partial charge in [0.25, 0.3) is 0 Å². The third kappa shape index (κ3) is 2.17. The van der Waals surface area contributed by atoms with Crippen LogP contribution < -0.4 is 0 Å². The molecule has 0 aliphatic carbocycles. The minimum atomic E-state index is 0.0284. The average molecular weight is 164 g/mol. The minimum absolute atomic E-state index is 0.0284. The molecule has 0 aliphatic rings. The average Bonchev–Trinajstić information content (AvgIpc) is 1.95. The van der Waals surface area contributed by atoms with Crippen molar-refractivity contribution in [3.8, 4) is 0 Å². The molecule has 1 N–H and O–H groups in total. The van der Waals surface area contributed by atoms with E-state index in [4.69, 9.17) is 4.80 Å². The predicted molar refractivity (Wildman–Crippen MR) is 47.6 cm³/mol. The van der Waals surface area contributed by atoms with Crippen LogP contribution in [-0.2, 0) is 6.04 Å². The number of rotatable bonds is 2. The number of hydrogen-bond donors (Lipinski definition) is 1. The minimum Gasteiger partial charge on any atom is -0.431 e. The van der Waals surface area contributed by atoms with Crippen LogP contribution in [0.3, 0.4) is 0 Å². The third-order valence-corrected chi connectivity index (χ3v) is 2.31. The first kappa shape index (κ1) is 8.49. The lowest BCUT2D eigenvalue weighted by molar-refractivity contribution is 0.600. The Morgan fingerprint density at radius 2 is 2.09 bits per heavy atom. The zero-order valence-corrected chi connectivity index (χ0v) is 7.89. The molecule has 0 fully saturated rings. The molecular formula is C9H12OSi. The van der Waals surface area contributed by atoms with E-state index in [-0.39, 0.29) is 9.76 Å². The lowest BCUT2D eigenvalue weighted by Crippen LogP contribution is -1.97. The fraction of sp³-hybridized carbons (Fsp3) is 0.333. The Hall–Kier alpha value is -0.603. The molecule has 0 aromatic heterocycles. The fourth-order valence-electron chi connectivity index (χ4n) is 1.13. The van der Waals surface area contributed by atoms with Gasteiger partial charge in [0.05, 0.1) is 0 Å². The summed E-state index contributed by atoms with van der Waals surface area (Å²) in [6, 6.07) is 7.12. The van der Waals surface area contributed by atoms with E-state index in [1.165, 1.54) is 16.7 Å². The van der Waals surface area contributed by atoms with E-state index < -0.39 is 0 Å². The van der Waals surface area contributed by atoms with Gasteiger partial charge >= 0.3 is 0 Å². The van der Waals surface area contributed by atoms with Gasteiger partial charge in [-0.05, 0) is 31.0 Å². The van der Waals surface area contributed by atoms with Crippen molar-refractivity contribution in [2.24, 2.45) is 0 Å². The van der Waals surface area contributed by atoms with Crippen molar-refractivity contribution < 1.29 is 4.80 Å². The van der Waals surface area contributed by atoms with Crippen molar-refractivity contribution in [2.75, 3.05) is 0 Å². The molecular weight excluding hydrogens is 152 g/mol. The molecule has 0 atom stereocenters. The van der Waals surface area contributed by atoms with Gasteiger partial charge < -0.3 is 4.80 Å². The molecule has 0 aliphatic heterocycles. The third-order valence-electron chi connectivity index (χ3n) is 1.77. The summed E-state index contributed by atoms with van der Waals surface area (Å²) in [6.45, 7) is 4.17. The van der Waals surface area contributed by atoms with Gasteiger partial charge in [-0.15, -0.1) is 0 Å². The Morgan fingerprint density at radius 3 is 2.64 bits per heavy atom. The molecule has 0 saturated carbocycles. The highest BCUT2D eigenvalue weighted by Crippen LogP contribution is 2.09. The van der Waals surface area contributed by atoms with Crippen LogP contribution in [0.1, 0.15) is 16.7 Å². The van der Waals surface area contributed by atoms with E-state index in [1.54, 1.807) is 0 Å². The van der Waals surface area contributed by atoms with Gasteiger partial charge in [0.15, 0.2) is 0 Å². The van der Waals surface area contributed by atoms with Crippen LogP contribution >= 0.6 is 0 Å². The van der Waals surface area contributed by atoms with Gasteiger partial charge in [-0.3, -0.25) is 0 Å². The summed E-state index contributed by atoms with van der Waals surface area (Å²) < 4.78 is 0. The second kappa shape index (κ2) is 3.69. The van der Waals surface area contributed by atoms with Crippen LogP contribution in [0.15, 0.2) is 18.2 Å². The molecule has 0 saturated heterocycles. The summed E-state index contributed by atoms with van der Waals surface area (Å²) in [5.74, 6) is 0. The zero-order chi connectivity index (χ0) is 8.27. The van der Waals surface area contributed by atoms with Gasteiger partial charge in [-0.1, -0.05) is 23.8 Å². The molecule has 1 nitrogen and oxygen atoms in total. The Balaban J connectivity index is 2.90. The molecule has 0 spiro atoms. The molecule has 1 rings (SSSR count). The smallest absolute Gasteiger partial charge is 0.229 e. The Morgan fingerprint density at radius 1 is 1.36 bits per heavy atom. The second-order valence-electron chi connectivity index (χ2n) is 2.76. The Kier molecular flexibility index (Phi) is 2.85. The summed E-state index contributed by atoms with van der Waals surface area (Å²) in [4.78, 5) is 8.74. The van der Waals surface area contributed by atoms with Crippen LogP contribution in [0.4, 0.5) is 0 Å². The van der Waals surface area contributed by atoms with E-state index in [0.29, 0.717) is 0 Å². The molecule has 0 amide bonds. The van der Waals surface area contributed by atoms with E-state index in [0.717, 1.165) is 6.04 Å². The highest BCUT2D eigenvalue weighted by molar-refractivity contribution is 6.24. The van der Waals surface area contributed by atoms with E-state index in [1.807, 2.05) is 0 Å². The lowest BCUT2D eigenvalue weighted by atomic mass is 10.1. The summed E-state index contributed by atoms with van der Waals surface area (Å²) in [7, 11) is 0.0284. The molecule has 0 bridgehead atoms. The highest BCUT2D eigenvalue weighted by Gasteiger charge is 1.97. The summed E-state index contributed by atoms with van der Waals surface area (Å²) in [5, 5.41) is 0. The topological polar surface area (TPSA) is 20.2 Å². The molecule has 58 valence electrons. The normalized spacial score (nSPS) is 10.1. The van der Waals surface area contributed by atoms with E-state index in [9.17, 15) is 0 Å². The van der Waals surface area contributed by atoms with Crippen LogP contribution in [0.5, 0.6) is 0 Å². The van der Waals surface area contributed by atoms with Crippen molar-refractivity contribution in [2.45, 2.75) is 19.9 Å². The quantitative estimate of drug-likeness (QED) is 0.655. The number of aryl methyl sites for hydroxylation is 2. The molecule has 0 heterocycles. The van der Waals surface area contributed by atoms with Crippen LogP contribution in [0, 0.1) is 13.8 Å². The summed E-state index contributed by atoms with van der Waals surface area (Å²) in [6.07, 6.45) is 0. The predicted octanol–water partition coefficient (Wildman–Crippen LogP) is 1.41. The van der Waals surface area contributed by atoms with Gasteiger partial charge in [-0.25, -0.2) is 0 Å². The van der Waals surface area contributed by atoms with Crippen molar-refractivity contribution in [1.29, 1.82) is 0 Å². The van der Waals surface area contributed by atoms with Crippen molar-refractivity contribution in [3.05, 3.63) is 34.9 Å². The summed E-state index contributed by atoms with van der Waals surface area (Å²) in [5.41, 5.74) is 3.83. The maximum atomic E-state index is 8.74. The molecule has 11 heavy (non-hydrogen) atoms. The van der Waals surface area contributed by atoms with Crippen LogP contribution in [0.2, 0.25) is 0 Å². The Bertz CT molecular complexity index is 245. The van der Waals surface area contributed by atoms with Crippen LogP contribution in [0.25, 0.3) is 0 Å². The highest BCUT2D eigenvalue weighted by atomic mass is 28.2. The first-order chi connectivity index (χ1) is 5.24. The molecule has 2 radical (unpaired) electrons. The first-order valence-corrected chi connectivity index (χ1v) is 4.82. The second-order valence-corrected chi connectivity index (χ2v) is 3.43. The maximum Gasteiger partial charge on any atom is 0.229 e. The summed E-state index contributed by atoms with van der Waals surface area (Å²) >= 11 is 0. The lowest BCUT2D eigenvalue weighted by Gasteiger charge is -2.03. The largest absolute Gasteiger partial charge is 0.431 e. The van der Waals surface area contributed by atoms with Gasteiger partial charge in [0.1, 0.15) is 0 Å². The van der Waals surface area contributed by atoms with Gasteiger partial charge in [0.2, 0.25) is 9.76 Å². The SMILES string of the molecule is Cc1ccc(C[Si]O)c(C)c1. The van der Waals surface area contributed by atoms with E-state index >= 15 is 0 Å². The van der Waals surface area contributed by atoms with Crippen molar-refractivity contribution in [3.63, 3.8) is 0 Å². The number of benzene rings is 1. The van der Waals surface area contributed by atoms with Gasteiger partial charge in [0, 0.05) is 0 Å². The number of hydrogen-bond acceptors (Lipinski definition) is 1. The maximum absolute atomic E-state index is 8.74. The molecule has 1 aromatic rings. The zero-order valence-electron chi connectivity index (χ0n) is 6.89. The first-order valence-electron chi connectivity index (χ1n) is 3.67. The van der Waals surface area contributed by atoms with Crippen molar-refractivity contribution in [1.82, 2.24) is 0 Å².